The summed E-state index contributed by atoms with van der Waals surface area (Å²) in [7, 11) is 0. The third-order valence-corrected chi connectivity index (χ3v) is 2.63. The van der Waals surface area contributed by atoms with Crippen LogP contribution >= 0.6 is 0 Å². The van der Waals surface area contributed by atoms with E-state index >= 15 is 0 Å². The maximum atomic E-state index is 11.1. The van der Waals surface area contributed by atoms with Gasteiger partial charge in [-0.05, 0) is 31.0 Å². The average molecular weight is 278 g/mol. The summed E-state index contributed by atoms with van der Waals surface area (Å²) < 4.78 is 10.3. The standard InChI is InChI=1S/C16H22O4/c1-3-5-13-7-9-15(10-8-13)19-11-14(17)12-20-16(18)6-4-2/h4,6-10,14,17H,3,5,11-12H2,1-2H3. The molecule has 1 unspecified atom stereocenters. The monoisotopic (exact) mass is 278 g/mol. The average Bonchev–Trinajstić information content (AvgIpc) is 2.45. The summed E-state index contributed by atoms with van der Waals surface area (Å²) >= 11 is 0. The molecule has 0 radical (unpaired) electrons. The highest BCUT2D eigenvalue weighted by atomic mass is 16.5. The maximum Gasteiger partial charge on any atom is 0.330 e. The van der Waals surface area contributed by atoms with Gasteiger partial charge in [0.15, 0.2) is 0 Å². The Morgan fingerprint density at radius 1 is 1.30 bits per heavy atom. The second-order valence-electron chi connectivity index (χ2n) is 4.49. The fourth-order valence-electron chi connectivity index (χ4n) is 1.64. The van der Waals surface area contributed by atoms with E-state index < -0.39 is 12.1 Å². The number of carbonyl (C=O) groups is 1. The predicted molar refractivity (Wildman–Crippen MR) is 77.7 cm³/mol. The predicted octanol–water partition coefficient (Wildman–Crippen LogP) is 2.50. The van der Waals surface area contributed by atoms with E-state index in [0.717, 1.165) is 12.8 Å². The molecule has 0 aliphatic rings. The third-order valence-electron chi connectivity index (χ3n) is 2.63. The van der Waals surface area contributed by atoms with Crippen molar-refractivity contribution in [3.63, 3.8) is 0 Å². The van der Waals surface area contributed by atoms with Crippen LogP contribution in [0, 0.1) is 0 Å². The second kappa shape index (κ2) is 9.15. The fourth-order valence-corrected chi connectivity index (χ4v) is 1.64. The molecular weight excluding hydrogens is 256 g/mol. The Bertz CT molecular complexity index is 423. The summed E-state index contributed by atoms with van der Waals surface area (Å²) in [5.74, 6) is 0.235. The van der Waals surface area contributed by atoms with Crippen molar-refractivity contribution in [3.05, 3.63) is 42.0 Å². The lowest BCUT2D eigenvalue weighted by molar-refractivity contribution is -0.141. The highest BCUT2D eigenvalue weighted by Gasteiger charge is 2.08. The molecule has 0 amide bonds. The van der Waals surface area contributed by atoms with Gasteiger partial charge in [0.25, 0.3) is 0 Å². The molecule has 0 aliphatic carbocycles. The SMILES string of the molecule is CC=CC(=O)OCC(O)COc1ccc(CCC)cc1. The number of aliphatic hydroxyl groups is 1. The number of hydrogen-bond donors (Lipinski definition) is 1. The van der Waals surface area contributed by atoms with E-state index in [2.05, 4.69) is 6.92 Å². The van der Waals surface area contributed by atoms with Crippen LogP contribution in [0.1, 0.15) is 25.8 Å². The maximum absolute atomic E-state index is 11.1. The minimum Gasteiger partial charge on any atom is -0.491 e. The zero-order valence-corrected chi connectivity index (χ0v) is 12.0. The van der Waals surface area contributed by atoms with Crippen LogP contribution in [0.25, 0.3) is 0 Å². The minimum absolute atomic E-state index is 0.0723. The molecule has 1 aromatic carbocycles. The molecule has 1 rings (SSSR count). The first-order valence-electron chi connectivity index (χ1n) is 6.85. The first kappa shape index (κ1) is 16.2. The lowest BCUT2D eigenvalue weighted by atomic mass is 10.1. The van der Waals surface area contributed by atoms with Gasteiger partial charge in [-0.2, -0.15) is 0 Å². The Morgan fingerprint density at radius 3 is 2.60 bits per heavy atom. The van der Waals surface area contributed by atoms with Gasteiger partial charge in [-0.1, -0.05) is 31.6 Å². The van der Waals surface area contributed by atoms with Crippen LogP contribution in [0.15, 0.2) is 36.4 Å². The van der Waals surface area contributed by atoms with Gasteiger partial charge in [0.2, 0.25) is 0 Å². The Labute approximate surface area is 120 Å². The van der Waals surface area contributed by atoms with Gasteiger partial charge in [0, 0.05) is 6.08 Å². The Hall–Kier alpha value is -1.81. The van der Waals surface area contributed by atoms with Crippen LogP contribution in [0.2, 0.25) is 0 Å². The van der Waals surface area contributed by atoms with Crippen LogP contribution in [0.3, 0.4) is 0 Å². The van der Waals surface area contributed by atoms with Gasteiger partial charge in [-0.3, -0.25) is 0 Å². The Kier molecular flexibility index (Phi) is 7.43. The van der Waals surface area contributed by atoms with Crippen molar-refractivity contribution >= 4 is 5.97 Å². The molecule has 0 saturated carbocycles. The third kappa shape index (κ3) is 6.38. The van der Waals surface area contributed by atoms with Crippen LogP contribution in [-0.2, 0) is 16.0 Å². The molecular formula is C16H22O4. The summed E-state index contributed by atoms with van der Waals surface area (Å²) in [6.07, 6.45) is 4.21. The van der Waals surface area contributed by atoms with Crippen LogP contribution < -0.4 is 4.74 Å². The van der Waals surface area contributed by atoms with E-state index in [1.807, 2.05) is 24.3 Å². The number of carbonyl (C=O) groups excluding carboxylic acids is 1. The van der Waals surface area contributed by atoms with Crippen molar-refractivity contribution in [2.24, 2.45) is 0 Å². The van der Waals surface area contributed by atoms with Gasteiger partial charge >= 0.3 is 5.97 Å². The van der Waals surface area contributed by atoms with E-state index in [1.54, 1.807) is 13.0 Å². The number of aliphatic hydroxyl groups excluding tert-OH is 1. The number of allylic oxidation sites excluding steroid dienone is 1. The topological polar surface area (TPSA) is 55.8 Å². The molecule has 0 aromatic heterocycles. The van der Waals surface area contributed by atoms with Crippen molar-refractivity contribution < 1.29 is 19.4 Å². The number of aryl methyl sites for hydroxylation is 1. The van der Waals surface area contributed by atoms with Gasteiger partial charge in [-0.15, -0.1) is 0 Å². The van der Waals surface area contributed by atoms with Gasteiger partial charge < -0.3 is 14.6 Å². The van der Waals surface area contributed by atoms with Gasteiger partial charge in [0.05, 0.1) is 0 Å². The van der Waals surface area contributed by atoms with Crippen molar-refractivity contribution in [2.45, 2.75) is 32.8 Å². The van der Waals surface area contributed by atoms with E-state index in [1.165, 1.54) is 11.6 Å². The smallest absolute Gasteiger partial charge is 0.330 e. The molecule has 0 spiro atoms. The summed E-state index contributed by atoms with van der Waals surface area (Å²) in [4.78, 5) is 11.1. The summed E-state index contributed by atoms with van der Waals surface area (Å²) in [6, 6.07) is 7.78. The summed E-state index contributed by atoms with van der Waals surface area (Å²) in [6.45, 7) is 3.88. The lowest BCUT2D eigenvalue weighted by Crippen LogP contribution is -2.24. The lowest BCUT2D eigenvalue weighted by Gasteiger charge is -2.12. The summed E-state index contributed by atoms with van der Waals surface area (Å²) in [5.41, 5.74) is 1.26. The number of hydrogen-bond acceptors (Lipinski definition) is 4. The van der Waals surface area contributed by atoms with Gasteiger partial charge in [-0.25, -0.2) is 4.79 Å². The Balaban J connectivity index is 2.29. The number of benzene rings is 1. The first-order valence-corrected chi connectivity index (χ1v) is 6.85. The highest BCUT2D eigenvalue weighted by Crippen LogP contribution is 2.13. The van der Waals surface area contributed by atoms with Crippen LogP contribution in [0.4, 0.5) is 0 Å². The molecule has 4 heteroatoms. The molecule has 4 nitrogen and oxygen atoms in total. The highest BCUT2D eigenvalue weighted by molar-refractivity contribution is 5.81. The fraction of sp³-hybridized carbons (Fsp3) is 0.438. The van der Waals surface area contributed by atoms with Gasteiger partial charge in [0.1, 0.15) is 25.1 Å². The quantitative estimate of drug-likeness (QED) is 0.586. The van der Waals surface area contributed by atoms with E-state index in [-0.39, 0.29) is 13.2 Å². The summed E-state index contributed by atoms with van der Waals surface area (Å²) in [5, 5.41) is 9.64. The number of esters is 1. The molecule has 0 saturated heterocycles. The molecule has 1 atom stereocenters. The molecule has 0 fully saturated rings. The zero-order valence-electron chi connectivity index (χ0n) is 12.0. The molecule has 1 aromatic rings. The van der Waals surface area contributed by atoms with Crippen molar-refractivity contribution in [1.82, 2.24) is 0 Å². The Morgan fingerprint density at radius 2 is 2.00 bits per heavy atom. The molecule has 0 heterocycles. The van der Waals surface area contributed by atoms with E-state index in [4.69, 9.17) is 9.47 Å². The molecule has 0 bridgehead atoms. The van der Waals surface area contributed by atoms with Crippen LogP contribution in [-0.4, -0.2) is 30.4 Å². The molecule has 20 heavy (non-hydrogen) atoms. The molecule has 1 N–H and O–H groups in total. The van der Waals surface area contributed by atoms with E-state index in [9.17, 15) is 9.90 Å². The van der Waals surface area contributed by atoms with E-state index in [0.29, 0.717) is 5.75 Å². The minimum atomic E-state index is -0.834. The zero-order chi connectivity index (χ0) is 14.8. The number of rotatable bonds is 8. The van der Waals surface area contributed by atoms with Crippen molar-refractivity contribution in [1.29, 1.82) is 0 Å². The largest absolute Gasteiger partial charge is 0.491 e. The van der Waals surface area contributed by atoms with Crippen LogP contribution in [0.5, 0.6) is 5.75 Å². The molecule has 110 valence electrons. The first-order chi connectivity index (χ1) is 9.65. The normalized spacial score (nSPS) is 12.3. The second-order valence-corrected chi connectivity index (χ2v) is 4.49. The molecule has 0 aliphatic heterocycles. The van der Waals surface area contributed by atoms with Crippen molar-refractivity contribution in [3.8, 4) is 5.75 Å². The number of ether oxygens (including phenoxy) is 2. The van der Waals surface area contributed by atoms with Crippen molar-refractivity contribution in [2.75, 3.05) is 13.2 Å².